The summed E-state index contributed by atoms with van der Waals surface area (Å²) < 4.78 is 28.6. The zero-order valence-corrected chi connectivity index (χ0v) is 16.3. The minimum Gasteiger partial charge on any atom is -0.352 e. The van der Waals surface area contributed by atoms with Gasteiger partial charge in [-0.1, -0.05) is 12.1 Å². The number of nitrogens with zero attached hydrogens (tertiary/aromatic N) is 2. The number of nitrogens with two attached hydrogens (primary N) is 1. The van der Waals surface area contributed by atoms with Gasteiger partial charge in [-0.25, -0.2) is 22.6 Å². The lowest BCUT2D eigenvalue weighted by Crippen LogP contribution is -2.30. The van der Waals surface area contributed by atoms with E-state index in [1.54, 1.807) is 23.0 Å². The molecular weight excluding hydrogens is 394 g/mol. The summed E-state index contributed by atoms with van der Waals surface area (Å²) in [5, 5.41) is 6.58. The van der Waals surface area contributed by atoms with E-state index >= 15 is 0 Å². The largest absolute Gasteiger partial charge is 0.352 e. The van der Waals surface area contributed by atoms with Gasteiger partial charge >= 0.3 is 6.03 Å². The van der Waals surface area contributed by atoms with Gasteiger partial charge in [0.05, 0.1) is 16.8 Å². The molecule has 0 spiro atoms. The van der Waals surface area contributed by atoms with Crippen LogP contribution < -0.4 is 15.8 Å². The Morgan fingerprint density at radius 2 is 1.72 bits per heavy atom. The number of amides is 3. The fraction of sp³-hybridized carbons (Fsp3) is 0.105. The van der Waals surface area contributed by atoms with Crippen LogP contribution >= 0.6 is 0 Å². The molecule has 0 saturated carbocycles. The Bertz CT molecular complexity index is 1140. The SMILES string of the molecule is Cc1cnn(-c2ccc(C(=O)NS(=O)(=O)c3ccc(CNC(N)=O)cc3)cc2)c1. The molecule has 1 aromatic heterocycles. The van der Waals surface area contributed by atoms with E-state index in [4.69, 9.17) is 5.73 Å². The molecule has 3 rings (SSSR count). The summed E-state index contributed by atoms with van der Waals surface area (Å²) in [6, 6.07) is 11.5. The Morgan fingerprint density at radius 3 is 2.28 bits per heavy atom. The molecule has 150 valence electrons. The average Bonchev–Trinajstić information content (AvgIpc) is 3.13. The number of benzene rings is 2. The molecule has 4 N–H and O–H groups in total. The van der Waals surface area contributed by atoms with Gasteiger partial charge < -0.3 is 11.1 Å². The Morgan fingerprint density at radius 1 is 1.07 bits per heavy atom. The van der Waals surface area contributed by atoms with Crippen LogP contribution in [0.25, 0.3) is 5.69 Å². The van der Waals surface area contributed by atoms with Crippen molar-refractivity contribution in [2.45, 2.75) is 18.4 Å². The highest BCUT2D eigenvalue weighted by molar-refractivity contribution is 7.90. The molecule has 29 heavy (non-hydrogen) atoms. The molecule has 10 heteroatoms. The first kappa shape index (κ1) is 20.1. The summed E-state index contributed by atoms with van der Waals surface area (Å²) in [6.45, 7) is 2.08. The van der Waals surface area contributed by atoms with Crippen molar-refractivity contribution in [1.82, 2.24) is 19.8 Å². The monoisotopic (exact) mass is 413 g/mol. The van der Waals surface area contributed by atoms with Crippen LogP contribution in [0, 0.1) is 6.92 Å². The van der Waals surface area contributed by atoms with Crippen LogP contribution in [-0.4, -0.2) is 30.1 Å². The molecule has 0 saturated heterocycles. The summed E-state index contributed by atoms with van der Waals surface area (Å²) >= 11 is 0. The summed E-state index contributed by atoms with van der Waals surface area (Å²) in [7, 11) is -4.04. The number of urea groups is 1. The third-order valence-electron chi connectivity index (χ3n) is 4.03. The fourth-order valence-electron chi connectivity index (χ4n) is 2.54. The van der Waals surface area contributed by atoms with Gasteiger partial charge in [-0.05, 0) is 54.4 Å². The van der Waals surface area contributed by atoms with E-state index in [0.29, 0.717) is 5.56 Å². The summed E-state index contributed by atoms with van der Waals surface area (Å²) in [5.41, 5.74) is 7.60. The van der Waals surface area contributed by atoms with E-state index < -0.39 is 22.0 Å². The summed E-state index contributed by atoms with van der Waals surface area (Å²) in [6.07, 6.45) is 3.55. The lowest BCUT2D eigenvalue weighted by Gasteiger charge is -2.09. The first-order valence-electron chi connectivity index (χ1n) is 8.56. The van der Waals surface area contributed by atoms with E-state index in [9.17, 15) is 18.0 Å². The number of hydrogen-bond acceptors (Lipinski definition) is 5. The molecule has 0 radical (unpaired) electrons. The zero-order valence-electron chi connectivity index (χ0n) is 15.5. The van der Waals surface area contributed by atoms with Gasteiger partial charge in [0, 0.05) is 18.3 Å². The second-order valence-electron chi connectivity index (χ2n) is 6.31. The van der Waals surface area contributed by atoms with E-state index in [1.807, 2.05) is 17.8 Å². The van der Waals surface area contributed by atoms with Gasteiger partial charge in [0.25, 0.3) is 15.9 Å². The van der Waals surface area contributed by atoms with Crippen molar-refractivity contribution in [3.63, 3.8) is 0 Å². The molecule has 2 aromatic carbocycles. The van der Waals surface area contributed by atoms with Gasteiger partial charge in [0.2, 0.25) is 0 Å². The Balaban J connectivity index is 1.69. The van der Waals surface area contributed by atoms with Gasteiger partial charge in [0.1, 0.15) is 0 Å². The van der Waals surface area contributed by atoms with E-state index in [1.165, 1.54) is 36.4 Å². The average molecular weight is 413 g/mol. The van der Waals surface area contributed by atoms with Crippen molar-refractivity contribution >= 4 is 22.0 Å². The highest BCUT2D eigenvalue weighted by Gasteiger charge is 2.18. The highest BCUT2D eigenvalue weighted by atomic mass is 32.2. The molecule has 0 atom stereocenters. The van der Waals surface area contributed by atoms with Crippen molar-refractivity contribution in [2.75, 3.05) is 0 Å². The van der Waals surface area contributed by atoms with Crippen molar-refractivity contribution in [2.24, 2.45) is 5.73 Å². The summed E-state index contributed by atoms with van der Waals surface area (Å²) in [5.74, 6) is -0.743. The van der Waals surface area contributed by atoms with Gasteiger partial charge in [-0.2, -0.15) is 5.10 Å². The number of nitrogens with one attached hydrogen (secondary N) is 2. The molecule has 9 nitrogen and oxygen atoms in total. The van der Waals surface area contributed by atoms with Crippen LogP contribution in [0.1, 0.15) is 21.5 Å². The number of aromatic nitrogens is 2. The molecule has 1 heterocycles. The molecule has 0 fully saturated rings. The van der Waals surface area contributed by atoms with Gasteiger partial charge in [-0.3, -0.25) is 4.79 Å². The molecule has 0 aliphatic rings. The van der Waals surface area contributed by atoms with Crippen LogP contribution in [0.5, 0.6) is 0 Å². The van der Waals surface area contributed by atoms with Crippen molar-refractivity contribution < 1.29 is 18.0 Å². The first-order chi connectivity index (χ1) is 13.7. The number of aryl methyl sites for hydroxylation is 1. The number of carbonyl (C=O) groups excluding carboxylic acids is 2. The molecule has 3 aromatic rings. The van der Waals surface area contributed by atoms with Gasteiger partial charge in [0.15, 0.2) is 0 Å². The molecule has 0 aliphatic carbocycles. The lowest BCUT2D eigenvalue weighted by atomic mass is 10.2. The minimum absolute atomic E-state index is 0.0719. The minimum atomic E-state index is -4.04. The maximum atomic E-state index is 12.4. The second-order valence-corrected chi connectivity index (χ2v) is 7.99. The quantitative estimate of drug-likeness (QED) is 0.562. The van der Waals surface area contributed by atoms with Crippen LogP contribution in [0.15, 0.2) is 65.8 Å². The first-order valence-corrected chi connectivity index (χ1v) is 10.0. The molecule has 3 amide bonds. The third-order valence-corrected chi connectivity index (χ3v) is 5.38. The van der Waals surface area contributed by atoms with Crippen LogP contribution in [-0.2, 0) is 16.6 Å². The predicted octanol–water partition coefficient (Wildman–Crippen LogP) is 1.47. The number of rotatable bonds is 6. The van der Waals surface area contributed by atoms with Gasteiger partial charge in [-0.15, -0.1) is 0 Å². The molecule has 0 aliphatic heterocycles. The normalized spacial score (nSPS) is 11.1. The van der Waals surface area contributed by atoms with Crippen molar-refractivity contribution in [3.8, 4) is 5.69 Å². The Kier molecular flexibility index (Phi) is 5.64. The lowest BCUT2D eigenvalue weighted by molar-refractivity contribution is 0.0981. The number of carbonyl (C=O) groups is 2. The van der Waals surface area contributed by atoms with Crippen molar-refractivity contribution in [1.29, 1.82) is 0 Å². The van der Waals surface area contributed by atoms with Crippen LogP contribution in [0.2, 0.25) is 0 Å². The predicted molar refractivity (Wildman–Crippen MR) is 106 cm³/mol. The zero-order chi connectivity index (χ0) is 21.0. The smallest absolute Gasteiger partial charge is 0.312 e. The van der Waals surface area contributed by atoms with E-state index in [2.05, 4.69) is 10.4 Å². The Hall–Kier alpha value is -3.66. The number of primary amides is 1. The molecular formula is C19H19N5O4S. The third kappa shape index (κ3) is 4.99. The summed E-state index contributed by atoms with van der Waals surface area (Å²) in [4.78, 5) is 23.0. The van der Waals surface area contributed by atoms with E-state index in [-0.39, 0.29) is 17.0 Å². The number of sulfonamides is 1. The fourth-order valence-corrected chi connectivity index (χ4v) is 3.51. The van der Waals surface area contributed by atoms with Crippen LogP contribution in [0.4, 0.5) is 4.79 Å². The molecule has 0 bridgehead atoms. The van der Waals surface area contributed by atoms with E-state index in [0.717, 1.165) is 11.3 Å². The second kappa shape index (κ2) is 8.15. The topological polar surface area (TPSA) is 136 Å². The van der Waals surface area contributed by atoms with Crippen LogP contribution in [0.3, 0.4) is 0 Å². The number of hydrogen-bond donors (Lipinski definition) is 3. The Labute approximate surface area is 167 Å². The maximum absolute atomic E-state index is 12.4. The standard InChI is InChI=1S/C19H19N5O4S/c1-13-10-22-24(12-13)16-6-4-15(5-7-16)18(25)23-29(27,28)17-8-2-14(3-9-17)11-21-19(20)26/h2-10,12H,11H2,1H3,(H,23,25)(H3,20,21,26). The maximum Gasteiger partial charge on any atom is 0.312 e. The van der Waals surface area contributed by atoms with Crippen molar-refractivity contribution in [3.05, 3.63) is 77.6 Å². The molecule has 0 unspecified atom stereocenters. The highest BCUT2D eigenvalue weighted by Crippen LogP contribution is 2.13.